The zero-order valence-electron chi connectivity index (χ0n) is 27.6. The van der Waals surface area contributed by atoms with Gasteiger partial charge in [-0.3, -0.25) is 9.59 Å². The summed E-state index contributed by atoms with van der Waals surface area (Å²) in [5.41, 5.74) is 0.0467. The molecule has 4 N–H and O–H groups in total. The lowest BCUT2D eigenvalue weighted by molar-refractivity contribution is -0.131. The van der Waals surface area contributed by atoms with Gasteiger partial charge in [0.05, 0.1) is 23.1 Å². The number of carbonyl (C=O) groups is 3. The van der Waals surface area contributed by atoms with Crippen LogP contribution in [-0.4, -0.2) is 72.3 Å². The van der Waals surface area contributed by atoms with Gasteiger partial charge in [-0.1, -0.05) is 76.3 Å². The van der Waals surface area contributed by atoms with Crippen molar-refractivity contribution in [1.82, 2.24) is 16.0 Å². The summed E-state index contributed by atoms with van der Waals surface area (Å²) < 4.78 is 30.7. The molecule has 0 radical (unpaired) electrons. The van der Waals surface area contributed by atoms with Crippen LogP contribution in [0.1, 0.15) is 99.0 Å². The third-order valence-electron chi connectivity index (χ3n) is 7.86. The van der Waals surface area contributed by atoms with Crippen LogP contribution >= 0.6 is 0 Å². The minimum absolute atomic E-state index is 0.0282. The molecule has 11 heteroatoms. The van der Waals surface area contributed by atoms with Gasteiger partial charge >= 0.3 is 6.09 Å². The first-order valence-electron chi connectivity index (χ1n) is 16.0. The van der Waals surface area contributed by atoms with E-state index in [2.05, 4.69) is 16.0 Å². The molecule has 0 aromatic heterocycles. The Morgan fingerprint density at radius 2 is 1.50 bits per heavy atom. The molecule has 1 aromatic rings. The molecule has 0 unspecified atom stereocenters. The van der Waals surface area contributed by atoms with Crippen LogP contribution in [0.2, 0.25) is 0 Å². The maximum absolute atomic E-state index is 13.8. The van der Waals surface area contributed by atoms with Gasteiger partial charge in [0.1, 0.15) is 17.7 Å². The van der Waals surface area contributed by atoms with Gasteiger partial charge in [-0.25, -0.2) is 13.2 Å². The highest BCUT2D eigenvalue weighted by Crippen LogP contribution is 2.28. The lowest BCUT2D eigenvalue weighted by Crippen LogP contribution is -2.57. The van der Waals surface area contributed by atoms with Crippen molar-refractivity contribution in [3.63, 3.8) is 0 Å². The van der Waals surface area contributed by atoms with E-state index < -0.39 is 68.6 Å². The fourth-order valence-electron chi connectivity index (χ4n) is 5.41. The predicted molar refractivity (Wildman–Crippen MR) is 173 cm³/mol. The molecule has 1 aliphatic rings. The summed E-state index contributed by atoms with van der Waals surface area (Å²) in [6.07, 6.45) is 4.08. The minimum Gasteiger partial charge on any atom is -0.444 e. The highest BCUT2D eigenvalue weighted by atomic mass is 32.2. The molecule has 1 aromatic carbocycles. The summed E-state index contributed by atoms with van der Waals surface area (Å²) >= 11 is 0. The van der Waals surface area contributed by atoms with Crippen molar-refractivity contribution >= 4 is 27.7 Å². The number of hydrogen-bond donors (Lipinski definition) is 4. The highest BCUT2D eigenvalue weighted by molar-refractivity contribution is 7.92. The number of hydrogen-bond acceptors (Lipinski definition) is 7. The van der Waals surface area contributed by atoms with Crippen LogP contribution in [0.4, 0.5) is 4.79 Å². The van der Waals surface area contributed by atoms with Gasteiger partial charge in [-0.15, -0.1) is 0 Å². The zero-order chi connectivity index (χ0) is 33.1. The average Bonchev–Trinajstić information content (AvgIpc) is 2.91. The molecule has 0 spiro atoms. The summed E-state index contributed by atoms with van der Waals surface area (Å²) in [6, 6.07) is 6.45. The smallest absolute Gasteiger partial charge is 0.408 e. The van der Waals surface area contributed by atoms with E-state index in [0.29, 0.717) is 12.8 Å². The van der Waals surface area contributed by atoms with Crippen LogP contribution in [-0.2, 0) is 30.6 Å². The minimum atomic E-state index is -3.57. The molecule has 1 saturated carbocycles. The predicted octanol–water partition coefficient (Wildman–Crippen LogP) is 4.29. The van der Waals surface area contributed by atoms with Gasteiger partial charge in [0.25, 0.3) is 0 Å². The molecule has 0 saturated heterocycles. The van der Waals surface area contributed by atoms with Gasteiger partial charge in [0, 0.05) is 6.42 Å². The Bertz CT molecular complexity index is 1160. The molecule has 1 aliphatic carbocycles. The molecule has 250 valence electrons. The third kappa shape index (κ3) is 13.5. The third-order valence-corrected chi connectivity index (χ3v) is 10.1. The van der Waals surface area contributed by atoms with Crippen molar-refractivity contribution in [2.75, 3.05) is 5.75 Å². The Balaban J connectivity index is 2.28. The first-order chi connectivity index (χ1) is 20.5. The molecule has 1 fully saturated rings. The molecule has 0 aliphatic heterocycles. The number of ether oxygens (including phenoxy) is 1. The standard InChI is InChI=1S/C33H55N3O7S/c1-22(2)18-27(35-31(39)28(20-25-16-12-9-13-17-25)36-32(40)43-33(5,6)7)30(38)34-26(19-24-14-10-8-11-15-24)29(37)21-44(41,42)23(3)4/h9,12-13,16-17,22-24,26-29,37H,8,10-11,14-15,18-21H2,1-7H3,(H,34,38)(H,35,39)(H,36,40)/t26-,27-,28-,29-/m0/s1. The van der Waals surface area contributed by atoms with Crippen LogP contribution < -0.4 is 16.0 Å². The number of alkyl carbamates (subject to hydrolysis) is 1. The van der Waals surface area contributed by atoms with Crippen molar-refractivity contribution in [2.45, 2.75) is 135 Å². The molecule has 10 nitrogen and oxygen atoms in total. The number of amides is 3. The van der Waals surface area contributed by atoms with E-state index in [1.807, 2.05) is 44.2 Å². The second-order valence-electron chi connectivity index (χ2n) is 13.9. The largest absolute Gasteiger partial charge is 0.444 e. The van der Waals surface area contributed by atoms with Crippen LogP contribution in [0.15, 0.2) is 30.3 Å². The van der Waals surface area contributed by atoms with Gasteiger partial charge < -0.3 is 25.8 Å². The molecule has 3 amide bonds. The van der Waals surface area contributed by atoms with Gasteiger partial charge in [0.2, 0.25) is 11.8 Å². The van der Waals surface area contributed by atoms with E-state index in [1.165, 1.54) is 0 Å². The Hall–Kier alpha value is -2.66. The number of benzene rings is 1. The molecule has 0 bridgehead atoms. The van der Waals surface area contributed by atoms with Gasteiger partial charge in [-0.2, -0.15) is 0 Å². The molecular weight excluding hydrogens is 582 g/mol. The SMILES string of the molecule is CC(C)C[C@H](NC(=O)[C@H](Cc1ccccc1)NC(=O)OC(C)(C)C)C(=O)N[C@@H](CC1CCCCC1)[C@@H](O)CS(=O)(=O)C(C)C. The van der Waals surface area contributed by atoms with E-state index in [9.17, 15) is 27.9 Å². The van der Waals surface area contributed by atoms with E-state index in [1.54, 1.807) is 34.6 Å². The lowest BCUT2D eigenvalue weighted by atomic mass is 9.83. The summed E-state index contributed by atoms with van der Waals surface area (Å²) in [7, 11) is -3.57. The lowest BCUT2D eigenvalue weighted by Gasteiger charge is -2.32. The molecule has 44 heavy (non-hydrogen) atoms. The normalized spacial score (nSPS) is 17.4. The van der Waals surface area contributed by atoms with Crippen molar-refractivity contribution in [3.8, 4) is 0 Å². The Kier molecular flexibility index (Phi) is 14.6. The van der Waals surface area contributed by atoms with Gasteiger partial charge in [0.15, 0.2) is 9.84 Å². The van der Waals surface area contributed by atoms with Crippen LogP contribution in [0, 0.1) is 11.8 Å². The fourth-order valence-corrected chi connectivity index (χ4v) is 6.50. The van der Waals surface area contributed by atoms with Crippen LogP contribution in [0.3, 0.4) is 0 Å². The van der Waals surface area contributed by atoms with Gasteiger partial charge in [-0.05, 0) is 64.9 Å². The maximum atomic E-state index is 13.8. The van der Waals surface area contributed by atoms with Crippen molar-refractivity contribution in [2.24, 2.45) is 11.8 Å². The number of sulfone groups is 1. The topological polar surface area (TPSA) is 151 Å². The Morgan fingerprint density at radius 1 is 0.909 bits per heavy atom. The molecular formula is C33H55N3O7S. The van der Waals surface area contributed by atoms with Crippen LogP contribution in [0.25, 0.3) is 0 Å². The number of carbonyl (C=O) groups excluding carboxylic acids is 3. The van der Waals surface area contributed by atoms with E-state index in [4.69, 9.17) is 4.74 Å². The summed E-state index contributed by atoms with van der Waals surface area (Å²) in [5.74, 6) is -1.21. The van der Waals surface area contributed by atoms with Crippen molar-refractivity contribution in [1.29, 1.82) is 0 Å². The van der Waals surface area contributed by atoms with E-state index >= 15 is 0 Å². The average molecular weight is 638 g/mol. The quantitative estimate of drug-likeness (QED) is 0.224. The first-order valence-corrected chi connectivity index (χ1v) is 17.7. The summed E-state index contributed by atoms with van der Waals surface area (Å²) in [6.45, 7) is 12.2. The summed E-state index contributed by atoms with van der Waals surface area (Å²) in [5, 5.41) is 18.9. The second kappa shape index (κ2) is 17.1. The van der Waals surface area contributed by atoms with Crippen LogP contribution in [0.5, 0.6) is 0 Å². The Morgan fingerprint density at radius 3 is 2.05 bits per heavy atom. The molecule has 0 heterocycles. The van der Waals surface area contributed by atoms with Crippen molar-refractivity contribution in [3.05, 3.63) is 35.9 Å². The van der Waals surface area contributed by atoms with E-state index in [-0.39, 0.29) is 18.3 Å². The number of rotatable bonds is 15. The zero-order valence-corrected chi connectivity index (χ0v) is 28.4. The summed E-state index contributed by atoms with van der Waals surface area (Å²) in [4.78, 5) is 40.1. The number of aliphatic hydroxyl groups excluding tert-OH is 1. The highest BCUT2D eigenvalue weighted by Gasteiger charge is 2.34. The van der Waals surface area contributed by atoms with Crippen molar-refractivity contribution < 1.29 is 32.6 Å². The second-order valence-corrected chi connectivity index (χ2v) is 16.5. The van der Waals surface area contributed by atoms with E-state index in [0.717, 1.165) is 37.7 Å². The fraction of sp³-hybridized carbons (Fsp3) is 0.727. The molecule has 4 atom stereocenters. The number of aliphatic hydroxyl groups is 1. The maximum Gasteiger partial charge on any atom is 0.408 e. The first kappa shape index (κ1) is 37.5. The monoisotopic (exact) mass is 637 g/mol. The Labute approximate surface area is 264 Å². The number of nitrogens with one attached hydrogen (secondary N) is 3. The molecule has 2 rings (SSSR count).